The fraction of sp³-hybridized carbons (Fsp3) is 0.600. The number of thiophene rings is 1. The van der Waals surface area contributed by atoms with Gasteiger partial charge in [0.15, 0.2) is 4.83 Å². The van der Waals surface area contributed by atoms with Crippen LogP contribution in [0.2, 0.25) is 0 Å². The van der Waals surface area contributed by atoms with E-state index in [1.54, 1.807) is 11.3 Å². The lowest BCUT2D eigenvalue weighted by Gasteiger charge is -2.10. The maximum atomic E-state index is 12.6. The van der Waals surface area contributed by atoms with Crippen molar-refractivity contribution in [1.82, 2.24) is 15.0 Å². The zero-order valence-corrected chi connectivity index (χ0v) is 13.6. The van der Waals surface area contributed by atoms with Crippen molar-refractivity contribution in [2.75, 3.05) is 6.61 Å². The van der Waals surface area contributed by atoms with E-state index >= 15 is 0 Å². The van der Waals surface area contributed by atoms with Crippen LogP contribution in [0.3, 0.4) is 0 Å². The van der Waals surface area contributed by atoms with Gasteiger partial charge in [-0.3, -0.25) is 9.59 Å². The first-order valence-corrected chi connectivity index (χ1v) is 8.41. The van der Waals surface area contributed by atoms with Crippen LogP contribution in [0, 0.1) is 5.92 Å². The molecule has 2 heterocycles. The average Bonchev–Trinajstić information content (AvgIpc) is 2.87. The fourth-order valence-corrected chi connectivity index (χ4v) is 3.83. The van der Waals surface area contributed by atoms with Crippen LogP contribution in [0.1, 0.15) is 37.1 Å². The van der Waals surface area contributed by atoms with Crippen molar-refractivity contribution in [3.8, 4) is 0 Å². The number of ether oxygens (including phenoxy) is 1. The normalized spacial score (nSPS) is 14.3. The number of esters is 1. The Morgan fingerprint density at radius 3 is 2.91 bits per heavy atom. The number of hydrogen-bond acceptors (Lipinski definition) is 6. The lowest BCUT2D eigenvalue weighted by molar-refractivity contribution is -0.145. The molecule has 0 fully saturated rings. The van der Waals surface area contributed by atoms with Crippen LogP contribution in [-0.4, -0.2) is 27.6 Å². The van der Waals surface area contributed by atoms with E-state index in [0.717, 1.165) is 35.9 Å². The van der Waals surface area contributed by atoms with Crippen molar-refractivity contribution in [3.05, 3.63) is 20.8 Å². The summed E-state index contributed by atoms with van der Waals surface area (Å²) in [4.78, 5) is 26.3. The summed E-state index contributed by atoms with van der Waals surface area (Å²) in [6.07, 6.45) is 4.17. The second-order valence-corrected chi connectivity index (χ2v) is 7.10. The monoisotopic (exact) mass is 321 g/mol. The Hall–Kier alpha value is -1.76. The standard InChI is InChI=1S/C15H19N3O3S/c1-9(2)8-21-12(19)7-18-15(20)13-10-5-3-4-6-11(10)22-14(13)16-17-18/h9H,3-8H2,1-2H3. The summed E-state index contributed by atoms with van der Waals surface area (Å²) < 4.78 is 6.22. The smallest absolute Gasteiger partial charge is 0.327 e. The molecule has 0 N–H and O–H groups in total. The Bertz CT molecular complexity index is 763. The van der Waals surface area contributed by atoms with Gasteiger partial charge in [0.25, 0.3) is 5.56 Å². The number of aryl methyl sites for hydroxylation is 2. The molecule has 3 rings (SSSR count). The minimum absolute atomic E-state index is 0.181. The Balaban J connectivity index is 1.90. The van der Waals surface area contributed by atoms with Crippen molar-refractivity contribution < 1.29 is 9.53 Å². The minimum Gasteiger partial charge on any atom is -0.464 e. The molecule has 0 bridgehead atoms. The molecule has 0 amide bonds. The van der Waals surface area contributed by atoms with Crippen LogP contribution >= 0.6 is 11.3 Å². The van der Waals surface area contributed by atoms with Gasteiger partial charge in [0, 0.05) is 4.88 Å². The van der Waals surface area contributed by atoms with Crippen molar-refractivity contribution in [2.24, 2.45) is 5.92 Å². The van der Waals surface area contributed by atoms with Crippen LogP contribution in [0.4, 0.5) is 0 Å². The van der Waals surface area contributed by atoms with E-state index in [9.17, 15) is 9.59 Å². The van der Waals surface area contributed by atoms with Gasteiger partial charge in [-0.05, 0) is 37.2 Å². The van der Waals surface area contributed by atoms with Gasteiger partial charge < -0.3 is 4.74 Å². The summed E-state index contributed by atoms with van der Waals surface area (Å²) in [5.41, 5.74) is 0.876. The predicted molar refractivity (Wildman–Crippen MR) is 84.1 cm³/mol. The summed E-state index contributed by atoms with van der Waals surface area (Å²) in [6, 6.07) is 0. The Morgan fingerprint density at radius 1 is 1.36 bits per heavy atom. The highest BCUT2D eigenvalue weighted by Crippen LogP contribution is 2.33. The summed E-state index contributed by atoms with van der Waals surface area (Å²) in [5.74, 6) is -0.188. The predicted octanol–water partition coefficient (Wildman–Crippen LogP) is 1.93. The molecule has 0 saturated heterocycles. The maximum Gasteiger partial charge on any atom is 0.327 e. The van der Waals surface area contributed by atoms with Crippen LogP contribution in [-0.2, 0) is 28.9 Å². The largest absolute Gasteiger partial charge is 0.464 e. The van der Waals surface area contributed by atoms with Gasteiger partial charge in [0.05, 0.1) is 12.0 Å². The number of aromatic nitrogens is 3. The maximum absolute atomic E-state index is 12.6. The Kier molecular flexibility index (Phi) is 4.24. The molecule has 0 unspecified atom stereocenters. The lowest BCUT2D eigenvalue weighted by Crippen LogP contribution is -2.29. The second kappa shape index (κ2) is 6.16. The zero-order valence-electron chi connectivity index (χ0n) is 12.8. The van der Waals surface area contributed by atoms with Crippen LogP contribution in [0.5, 0.6) is 0 Å². The molecule has 2 aromatic heterocycles. The van der Waals surface area contributed by atoms with Gasteiger partial charge >= 0.3 is 5.97 Å². The minimum atomic E-state index is -0.450. The fourth-order valence-electron chi connectivity index (χ4n) is 2.64. The summed E-state index contributed by atoms with van der Waals surface area (Å²) in [6.45, 7) is 4.09. The molecule has 118 valence electrons. The van der Waals surface area contributed by atoms with Crippen molar-refractivity contribution in [3.63, 3.8) is 0 Å². The molecular formula is C15H19N3O3S. The molecule has 0 aliphatic heterocycles. The van der Waals surface area contributed by atoms with E-state index in [1.807, 2.05) is 13.8 Å². The molecule has 6 nitrogen and oxygen atoms in total. The molecule has 2 aromatic rings. The van der Waals surface area contributed by atoms with Crippen LogP contribution in [0.25, 0.3) is 10.2 Å². The van der Waals surface area contributed by atoms with Gasteiger partial charge in [-0.2, -0.15) is 4.68 Å². The third-order valence-electron chi connectivity index (χ3n) is 3.70. The molecule has 0 spiro atoms. The van der Waals surface area contributed by atoms with Gasteiger partial charge in [0.2, 0.25) is 0 Å². The highest BCUT2D eigenvalue weighted by atomic mass is 32.1. The molecule has 1 aliphatic carbocycles. The van der Waals surface area contributed by atoms with Crippen molar-refractivity contribution >= 4 is 27.5 Å². The average molecular weight is 321 g/mol. The van der Waals surface area contributed by atoms with E-state index in [0.29, 0.717) is 16.8 Å². The third kappa shape index (κ3) is 2.90. The van der Waals surface area contributed by atoms with Gasteiger partial charge in [0.1, 0.15) is 6.54 Å². The Labute approximate surface area is 132 Å². The van der Waals surface area contributed by atoms with E-state index in [4.69, 9.17) is 4.74 Å². The third-order valence-corrected chi connectivity index (χ3v) is 4.88. The van der Waals surface area contributed by atoms with Gasteiger partial charge in [-0.1, -0.05) is 19.1 Å². The highest BCUT2D eigenvalue weighted by Gasteiger charge is 2.21. The molecule has 7 heteroatoms. The molecule has 1 aliphatic rings. The van der Waals surface area contributed by atoms with Crippen molar-refractivity contribution in [1.29, 1.82) is 0 Å². The highest BCUT2D eigenvalue weighted by molar-refractivity contribution is 7.18. The number of rotatable bonds is 4. The lowest BCUT2D eigenvalue weighted by atomic mass is 9.97. The summed E-state index contributed by atoms with van der Waals surface area (Å²) in [5, 5.41) is 8.64. The summed E-state index contributed by atoms with van der Waals surface area (Å²) >= 11 is 1.55. The first-order valence-electron chi connectivity index (χ1n) is 7.60. The van der Waals surface area contributed by atoms with Gasteiger partial charge in [-0.25, -0.2) is 0 Å². The Morgan fingerprint density at radius 2 is 2.14 bits per heavy atom. The number of hydrogen-bond donors (Lipinski definition) is 0. The number of nitrogens with zero attached hydrogens (tertiary/aromatic N) is 3. The molecule has 22 heavy (non-hydrogen) atoms. The molecule has 0 aromatic carbocycles. The van der Waals surface area contributed by atoms with E-state index in [2.05, 4.69) is 10.3 Å². The molecule has 0 saturated carbocycles. The van der Waals surface area contributed by atoms with E-state index in [1.165, 1.54) is 4.88 Å². The first kappa shape index (κ1) is 15.1. The second-order valence-electron chi connectivity index (χ2n) is 6.02. The number of carbonyl (C=O) groups is 1. The SMILES string of the molecule is CC(C)COC(=O)Cn1nnc2sc3c(c2c1=O)CCCC3. The van der Waals surface area contributed by atoms with E-state index < -0.39 is 5.97 Å². The molecule has 0 atom stereocenters. The molecule has 0 radical (unpaired) electrons. The van der Waals surface area contributed by atoms with Crippen LogP contribution in [0.15, 0.2) is 4.79 Å². The first-order chi connectivity index (χ1) is 10.6. The van der Waals surface area contributed by atoms with Crippen LogP contribution < -0.4 is 5.56 Å². The van der Waals surface area contributed by atoms with Gasteiger partial charge in [-0.15, -0.1) is 16.4 Å². The zero-order chi connectivity index (χ0) is 15.7. The van der Waals surface area contributed by atoms with Crippen molar-refractivity contribution in [2.45, 2.75) is 46.1 Å². The van der Waals surface area contributed by atoms with E-state index in [-0.39, 0.29) is 18.0 Å². The number of fused-ring (bicyclic) bond motifs is 3. The number of carbonyl (C=O) groups excluding carboxylic acids is 1. The molecular weight excluding hydrogens is 302 g/mol. The quantitative estimate of drug-likeness (QED) is 0.805. The topological polar surface area (TPSA) is 74.1 Å². The summed E-state index contributed by atoms with van der Waals surface area (Å²) in [7, 11) is 0.